The zero-order valence-corrected chi connectivity index (χ0v) is 14.4. The monoisotopic (exact) mass is 357 g/mol. The molecule has 1 aromatic heterocycles. The predicted octanol–water partition coefficient (Wildman–Crippen LogP) is 2.83. The number of hydrogen-bond donors (Lipinski definition) is 0. The normalized spacial score (nSPS) is 11.7. The highest BCUT2D eigenvalue weighted by atomic mass is 32.1. The largest absolute Gasteiger partial charge is 0.497 e. The van der Waals surface area contributed by atoms with E-state index in [9.17, 15) is 14.9 Å². The smallest absolute Gasteiger partial charge is 0.270 e. The average molecular weight is 357 g/mol. The molecule has 0 atom stereocenters. The number of aromatic nitrogens is 1. The van der Waals surface area contributed by atoms with Gasteiger partial charge in [0.2, 0.25) is 0 Å². The molecule has 0 bridgehead atoms. The van der Waals surface area contributed by atoms with E-state index in [2.05, 4.69) is 4.99 Å². The first-order valence-electron chi connectivity index (χ1n) is 7.42. The number of benzene rings is 2. The Hall–Kier alpha value is -3.00. The molecule has 0 fully saturated rings. The number of thiazole rings is 1. The number of rotatable bonds is 4. The van der Waals surface area contributed by atoms with Crippen LogP contribution in [0.4, 0.5) is 5.69 Å². The van der Waals surface area contributed by atoms with Crippen molar-refractivity contribution >= 4 is 33.1 Å². The summed E-state index contributed by atoms with van der Waals surface area (Å²) in [6.07, 6.45) is 0.179. The Labute approximate surface area is 147 Å². The van der Waals surface area contributed by atoms with Crippen molar-refractivity contribution in [2.24, 2.45) is 12.0 Å². The highest BCUT2D eigenvalue weighted by Gasteiger charge is 2.11. The van der Waals surface area contributed by atoms with Crippen molar-refractivity contribution in [3.8, 4) is 5.75 Å². The molecule has 3 rings (SSSR count). The van der Waals surface area contributed by atoms with Crippen LogP contribution < -0.4 is 9.54 Å². The minimum absolute atomic E-state index is 0.0189. The number of fused-ring (bicyclic) bond motifs is 1. The third-order valence-corrected chi connectivity index (χ3v) is 4.83. The van der Waals surface area contributed by atoms with Crippen LogP contribution in [-0.4, -0.2) is 22.5 Å². The molecule has 0 saturated heterocycles. The van der Waals surface area contributed by atoms with Crippen molar-refractivity contribution in [2.45, 2.75) is 6.42 Å². The van der Waals surface area contributed by atoms with Crippen LogP contribution in [0.25, 0.3) is 10.2 Å². The Morgan fingerprint density at radius 1 is 1.28 bits per heavy atom. The Balaban J connectivity index is 1.90. The Bertz CT molecular complexity index is 1020. The van der Waals surface area contributed by atoms with Crippen LogP contribution in [0.1, 0.15) is 5.56 Å². The lowest BCUT2D eigenvalue weighted by Gasteiger charge is -2.01. The van der Waals surface area contributed by atoms with Crippen molar-refractivity contribution in [1.29, 1.82) is 0 Å². The number of non-ortho nitro benzene ring substituents is 1. The third kappa shape index (κ3) is 3.58. The first-order valence-corrected chi connectivity index (χ1v) is 8.24. The molecular formula is C17H15N3O4S. The molecular weight excluding hydrogens is 342 g/mol. The van der Waals surface area contributed by atoms with Gasteiger partial charge in [0.1, 0.15) is 5.75 Å². The molecule has 0 unspecified atom stereocenters. The molecule has 0 aliphatic heterocycles. The first-order chi connectivity index (χ1) is 12.0. The maximum absolute atomic E-state index is 12.2. The Morgan fingerprint density at radius 2 is 2.00 bits per heavy atom. The van der Waals surface area contributed by atoms with Crippen LogP contribution in [0.2, 0.25) is 0 Å². The molecule has 3 aromatic rings. The van der Waals surface area contributed by atoms with E-state index in [1.165, 1.54) is 23.5 Å². The molecule has 1 heterocycles. The minimum Gasteiger partial charge on any atom is -0.497 e. The summed E-state index contributed by atoms with van der Waals surface area (Å²) in [7, 11) is 3.37. The van der Waals surface area contributed by atoms with Gasteiger partial charge in [0.25, 0.3) is 11.6 Å². The molecule has 0 spiro atoms. The molecule has 7 nitrogen and oxygen atoms in total. The molecule has 2 aromatic carbocycles. The Kier molecular flexibility index (Phi) is 4.62. The van der Waals surface area contributed by atoms with Gasteiger partial charge in [-0.25, -0.2) is 0 Å². The standard InChI is InChI=1S/C17H15N3O4S/c1-19-14-8-5-12(20(22)23)10-15(14)25-17(19)18-16(21)9-11-3-6-13(24-2)7-4-11/h3-8,10H,9H2,1-2H3. The zero-order valence-electron chi connectivity index (χ0n) is 13.6. The molecule has 0 N–H and O–H groups in total. The first kappa shape index (κ1) is 16.8. The molecule has 128 valence electrons. The summed E-state index contributed by atoms with van der Waals surface area (Å²) in [4.78, 5) is 27.3. The number of nitro benzene ring substituents is 1. The number of amides is 1. The van der Waals surface area contributed by atoms with Gasteiger partial charge in [-0.05, 0) is 23.8 Å². The van der Waals surface area contributed by atoms with Crippen LogP contribution in [0.5, 0.6) is 5.75 Å². The number of hydrogen-bond acceptors (Lipinski definition) is 5. The summed E-state index contributed by atoms with van der Waals surface area (Å²) in [5.74, 6) is 0.451. The van der Waals surface area contributed by atoms with Gasteiger partial charge < -0.3 is 9.30 Å². The van der Waals surface area contributed by atoms with E-state index in [1.54, 1.807) is 36.9 Å². The summed E-state index contributed by atoms with van der Waals surface area (Å²) in [5, 5.41) is 10.9. The van der Waals surface area contributed by atoms with E-state index in [-0.39, 0.29) is 18.0 Å². The average Bonchev–Trinajstić information content (AvgIpc) is 2.90. The summed E-state index contributed by atoms with van der Waals surface area (Å²) >= 11 is 1.25. The fourth-order valence-corrected chi connectivity index (χ4v) is 3.48. The molecule has 1 amide bonds. The quantitative estimate of drug-likeness (QED) is 0.531. The summed E-state index contributed by atoms with van der Waals surface area (Å²) in [6.45, 7) is 0. The van der Waals surface area contributed by atoms with E-state index in [0.717, 1.165) is 16.8 Å². The van der Waals surface area contributed by atoms with E-state index < -0.39 is 4.92 Å². The third-order valence-electron chi connectivity index (χ3n) is 3.74. The topological polar surface area (TPSA) is 86.7 Å². The number of ether oxygens (including phenoxy) is 1. The minimum atomic E-state index is -0.440. The number of methoxy groups -OCH3 is 1. The maximum atomic E-state index is 12.2. The van der Waals surface area contributed by atoms with Crippen LogP contribution in [0.3, 0.4) is 0 Å². The molecule has 0 aliphatic carbocycles. The summed E-state index contributed by atoms with van der Waals surface area (Å²) < 4.78 is 7.56. The second-order valence-corrected chi connectivity index (χ2v) is 6.39. The van der Waals surface area contributed by atoms with Gasteiger partial charge in [-0.3, -0.25) is 14.9 Å². The van der Waals surface area contributed by atoms with Gasteiger partial charge in [0.15, 0.2) is 4.80 Å². The van der Waals surface area contributed by atoms with Crippen LogP contribution in [0, 0.1) is 10.1 Å². The lowest BCUT2D eigenvalue weighted by Crippen LogP contribution is -2.14. The van der Waals surface area contributed by atoms with Crippen molar-refractivity contribution < 1.29 is 14.5 Å². The van der Waals surface area contributed by atoms with E-state index in [0.29, 0.717) is 9.50 Å². The fraction of sp³-hybridized carbons (Fsp3) is 0.176. The van der Waals surface area contributed by atoms with Gasteiger partial charge in [-0.2, -0.15) is 4.99 Å². The van der Waals surface area contributed by atoms with Crippen LogP contribution in [0.15, 0.2) is 47.5 Å². The lowest BCUT2D eigenvalue weighted by atomic mass is 10.1. The predicted molar refractivity (Wildman–Crippen MR) is 94.7 cm³/mol. The molecule has 0 saturated carbocycles. The summed E-state index contributed by atoms with van der Waals surface area (Å²) in [5.41, 5.74) is 1.66. The fourth-order valence-electron chi connectivity index (χ4n) is 2.41. The van der Waals surface area contributed by atoms with Crippen molar-refractivity contribution in [3.05, 3.63) is 62.9 Å². The van der Waals surface area contributed by atoms with E-state index in [1.807, 2.05) is 12.1 Å². The highest BCUT2D eigenvalue weighted by Crippen LogP contribution is 2.22. The molecule has 0 aliphatic rings. The van der Waals surface area contributed by atoms with Crippen molar-refractivity contribution in [2.75, 3.05) is 7.11 Å². The van der Waals surface area contributed by atoms with Gasteiger partial charge in [0.05, 0.1) is 28.7 Å². The number of nitro groups is 1. The van der Waals surface area contributed by atoms with E-state index >= 15 is 0 Å². The number of carbonyl (C=O) groups is 1. The second kappa shape index (κ2) is 6.86. The maximum Gasteiger partial charge on any atom is 0.270 e. The molecule has 25 heavy (non-hydrogen) atoms. The van der Waals surface area contributed by atoms with Gasteiger partial charge in [0, 0.05) is 19.2 Å². The lowest BCUT2D eigenvalue weighted by molar-refractivity contribution is -0.384. The molecule has 0 radical (unpaired) electrons. The SMILES string of the molecule is COc1ccc(CC(=O)N=c2sc3cc([N+](=O)[O-])ccc3n2C)cc1. The van der Waals surface area contributed by atoms with Crippen molar-refractivity contribution in [3.63, 3.8) is 0 Å². The number of aryl methyl sites for hydroxylation is 1. The molecule has 8 heteroatoms. The van der Waals surface area contributed by atoms with Gasteiger partial charge >= 0.3 is 0 Å². The summed E-state index contributed by atoms with van der Waals surface area (Å²) in [6, 6.07) is 11.8. The van der Waals surface area contributed by atoms with Gasteiger partial charge in [-0.15, -0.1) is 0 Å². The van der Waals surface area contributed by atoms with Crippen LogP contribution in [-0.2, 0) is 18.3 Å². The number of nitrogens with zero attached hydrogens (tertiary/aromatic N) is 3. The number of carbonyl (C=O) groups excluding carboxylic acids is 1. The van der Waals surface area contributed by atoms with Crippen LogP contribution >= 0.6 is 11.3 Å². The second-order valence-electron chi connectivity index (χ2n) is 5.38. The van der Waals surface area contributed by atoms with Gasteiger partial charge in [-0.1, -0.05) is 23.5 Å². The van der Waals surface area contributed by atoms with E-state index in [4.69, 9.17) is 4.74 Å². The highest BCUT2D eigenvalue weighted by molar-refractivity contribution is 7.16. The zero-order chi connectivity index (χ0) is 18.0. The van der Waals surface area contributed by atoms with Crippen molar-refractivity contribution in [1.82, 2.24) is 4.57 Å². The Morgan fingerprint density at radius 3 is 2.64 bits per heavy atom.